The van der Waals surface area contributed by atoms with E-state index in [0.717, 1.165) is 0 Å². The summed E-state index contributed by atoms with van der Waals surface area (Å²) in [5.74, 6) is -0.843. The maximum Gasteiger partial charge on any atom is 0.273 e. The first-order valence-corrected chi connectivity index (χ1v) is 3.09. The van der Waals surface area contributed by atoms with Crippen LogP contribution in [-0.2, 0) is 4.79 Å². The first-order valence-electron chi connectivity index (χ1n) is 3.09. The summed E-state index contributed by atoms with van der Waals surface area (Å²) in [5, 5.41) is 12.0. The highest BCUT2D eigenvalue weighted by Gasteiger charge is 1.99. The second-order valence-electron chi connectivity index (χ2n) is 1.75. The number of carbonyl (C=O) groups is 1. The number of amides is 1. The van der Waals surface area contributed by atoms with Crippen LogP contribution in [0.1, 0.15) is 13.3 Å². The van der Waals surface area contributed by atoms with Gasteiger partial charge in [0.15, 0.2) is 5.03 Å². The molecule has 0 saturated carbocycles. The molecule has 0 spiro atoms. The third-order valence-corrected chi connectivity index (χ3v) is 0.828. The summed E-state index contributed by atoms with van der Waals surface area (Å²) < 4.78 is 0. The summed E-state index contributed by atoms with van der Waals surface area (Å²) >= 11 is 0. The minimum Gasteiger partial charge on any atom is -0.364 e. The first-order chi connectivity index (χ1) is 5.56. The Morgan fingerprint density at radius 2 is 2.33 bits per heavy atom. The molecule has 0 aliphatic rings. The number of rotatable bonds is 3. The lowest BCUT2D eigenvalue weighted by Crippen LogP contribution is -2.38. The Kier molecular flexibility index (Phi) is 4.12. The number of hydrogen-bond acceptors (Lipinski definition) is 4. The van der Waals surface area contributed by atoms with Crippen molar-refractivity contribution < 1.29 is 9.83 Å². The van der Waals surface area contributed by atoms with Crippen LogP contribution < -0.4 is 16.6 Å². The second kappa shape index (κ2) is 4.88. The predicted molar refractivity (Wildman–Crippen MR) is 40.2 cm³/mol. The number of nitrogens with one attached hydrogen (secondary N) is 2. The van der Waals surface area contributed by atoms with Gasteiger partial charge in [0.25, 0.3) is 5.96 Å². The normalized spacial score (nSPS) is 10.6. The summed E-state index contributed by atoms with van der Waals surface area (Å²) in [7, 11) is 0. The van der Waals surface area contributed by atoms with E-state index in [9.17, 15) is 14.9 Å². The lowest BCUT2D eigenvalue weighted by Gasteiger charge is -1.96. The largest absolute Gasteiger partial charge is 0.364 e. The van der Waals surface area contributed by atoms with Crippen molar-refractivity contribution in [1.29, 1.82) is 0 Å². The summed E-state index contributed by atoms with van der Waals surface area (Å²) in [6.45, 7) is 1.61. The number of nitrogens with zero attached hydrogens (tertiary/aromatic N) is 2. The van der Waals surface area contributed by atoms with Gasteiger partial charge in [-0.2, -0.15) is 0 Å². The van der Waals surface area contributed by atoms with Gasteiger partial charge in [0.05, 0.1) is 0 Å². The number of hydrazine groups is 1. The second-order valence-corrected chi connectivity index (χ2v) is 1.75. The van der Waals surface area contributed by atoms with E-state index < -0.39 is 11.0 Å². The fourth-order valence-electron chi connectivity index (χ4n) is 0.320. The maximum atomic E-state index is 10.5. The number of carbonyl (C=O) groups excluding carboxylic acids is 1. The number of nitro groups is 1. The van der Waals surface area contributed by atoms with Gasteiger partial charge in [-0.05, 0) is 0 Å². The third-order valence-electron chi connectivity index (χ3n) is 0.828. The molecule has 0 saturated heterocycles. The fraction of sp³-hybridized carbons (Fsp3) is 0.500. The van der Waals surface area contributed by atoms with Crippen molar-refractivity contribution in [3.8, 4) is 0 Å². The summed E-state index contributed by atoms with van der Waals surface area (Å²) in [6.07, 6.45) is 0.231. The zero-order valence-electron chi connectivity index (χ0n) is 6.40. The third kappa shape index (κ3) is 4.97. The van der Waals surface area contributed by atoms with Crippen LogP contribution in [0.3, 0.4) is 0 Å². The Balaban J connectivity index is 3.84. The lowest BCUT2D eigenvalue weighted by atomic mass is 10.5. The van der Waals surface area contributed by atoms with Crippen molar-refractivity contribution in [2.75, 3.05) is 0 Å². The Hall–Kier alpha value is -1.86. The van der Waals surface area contributed by atoms with Crippen LogP contribution >= 0.6 is 0 Å². The molecule has 0 radical (unpaired) electrons. The minimum atomic E-state index is -0.878. The van der Waals surface area contributed by atoms with Gasteiger partial charge in [-0.1, -0.05) is 12.3 Å². The fourth-order valence-corrected chi connectivity index (χ4v) is 0.320. The van der Waals surface area contributed by atoms with E-state index in [2.05, 4.69) is 5.10 Å². The monoisotopic (exact) mass is 175 g/mol. The van der Waals surface area contributed by atoms with Crippen LogP contribution in [-0.4, -0.2) is 16.9 Å². The van der Waals surface area contributed by atoms with Crippen LogP contribution in [0.25, 0.3) is 0 Å². The highest BCUT2D eigenvalue weighted by atomic mass is 16.7. The van der Waals surface area contributed by atoms with Crippen LogP contribution in [0.15, 0.2) is 5.10 Å². The van der Waals surface area contributed by atoms with E-state index in [0.29, 0.717) is 0 Å². The van der Waals surface area contributed by atoms with Crippen molar-refractivity contribution >= 4 is 11.9 Å². The van der Waals surface area contributed by atoms with Gasteiger partial charge in [0.1, 0.15) is 0 Å². The topological polar surface area (TPSA) is 123 Å². The number of nitrogens with two attached hydrogens (primary N) is 1. The Bertz CT molecular complexity index is 213. The van der Waals surface area contributed by atoms with Crippen LogP contribution in [0.2, 0.25) is 0 Å². The highest BCUT2D eigenvalue weighted by Crippen LogP contribution is 1.73. The molecule has 8 nitrogen and oxygen atoms in total. The molecule has 0 atom stereocenters. The zero-order valence-corrected chi connectivity index (χ0v) is 6.40. The summed E-state index contributed by atoms with van der Waals surface area (Å²) in [6, 6.07) is 0. The molecule has 0 rings (SSSR count). The molecular formula is C4H9N5O3. The van der Waals surface area contributed by atoms with Gasteiger partial charge in [-0.3, -0.25) is 4.79 Å². The Morgan fingerprint density at radius 1 is 1.75 bits per heavy atom. The van der Waals surface area contributed by atoms with E-state index in [1.165, 1.54) is 0 Å². The smallest absolute Gasteiger partial charge is 0.273 e. The maximum absolute atomic E-state index is 10.5. The van der Waals surface area contributed by atoms with Crippen molar-refractivity contribution in [2.24, 2.45) is 10.8 Å². The Labute approximate surface area is 67.9 Å². The zero-order chi connectivity index (χ0) is 9.56. The standard InChI is InChI=1S/C4H9N5O3/c1-2-3(10)6-7-4(5)8-9(11)12/h2H2,1H3,(H,6,10)(H3,5,7,8). The Morgan fingerprint density at radius 3 is 2.75 bits per heavy atom. The van der Waals surface area contributed by atoms with Gasteiger partial charge in [0.2, 0.25) is 5.91 Å². The highest BCUT2D eigenvalue weighted by molar-refractivity contribution is 5.80. The molecule has 0 aromatic heterocycles. The predicted octanol–water partition coefficient (Wildman–Crippen LogP) is -1.48. The van der Waals surface area contributed by atoms with E-state index >= 15 is 0 Å². The molecule has 0 fully saturated rings. The average molecular weight is 175 g/mol. The van der Waals surface area contributed by atoms with Crippen molar-refractivity contribution in [3.63, 3.8) is 0 Å². The molecule has 0 bridgehead atoms. The molecular weight excluding hydrogens is 166 g/mol. The van der Waals surface area contributed by atoms with Crippen LogP contribution in [0, 0.1) is 10.1 Å². The minimum absolute atomic E-state index is 0.231. The lowest BCUT2D eigenvalue weighted by molar-refractivity contribution is -0.525. The van der Waals surface area contributed by atoms with Crippen LogP contribution in [0.5, 0.6) is 0 Å². The molecule has 0 aliphatic heterocycles. The molecule has 0 heterocycles. The number of guanidine groups is 1. The summed E-state index contributed by atoms with van der Waals surface area (Å²) in [5.41, 5.74) is 8.51. The van der Waals surface area contributed by atoms with Crippen molar-refractivity contribution in [3.05, 3.63) is 10.1 Å². The van der Waals surface area contributed by atoms with E-state index in [1.54, 1.807) is 12.3 Å². The summed E-state index contributed by atoms with van der Waals surface area (Å²) in [4.78, 5) is 20.3. The van der Waals surface area contributed by atoms with E-state index in [-0.39, 0.29) is 12.3 Å². The number of hydrogen-bond donors (Lipinski definition) is 3. The molecule has 0 aliphatic carbocycles. The molecule has 4 N–H and O–H groups in total. The van der Waals surface area contributed by atoms with E-state index in [1.807, 2.05) is 5.43 Å². The molecule has 1 amide bonds. The van der Waals surface area contributed by atoms with Crippen molar-refractivity contribution in [2.45, 2.75) is 13.3 Å². The van der Waals surface area contributed by atoms with Crippen LogP contribution in [0.4, 0.5) is 0 Å². The molecule has 0 unspecified atom stereocenters. The van der Waals surface area contributed by atoms with Gasteiger partial charge >= 0.3 is 0 Å². The van der Waals surface area contributed by atoms with Gasteiger partial charge in [-0.15, -0.1) is 5.10 Å². The molecule has 0 aromatic rings. The van der Waals surface area contributed by atoms with E-state index in [4.69, 9.17) is 5.73 Å². The quantitative estimate of drug-likeness (QED) is 0.209. The van der Waals surface area contributed by atoms with Gasteiger partial charge < -0.3 is 5.73 Å². The molecule has 8 heteroatoms. The average Bonchev–Trinajstić information content (AvgIpc) is 1.99. The first kappa shape index (κ1) is 10.1. The van der Waals surface area contributed by atoms with Crippen molar-refractivity contribution in [1.82, 2.24) is 10.9 Å². The SMILES string of the molecule is CCC(=O)N/N=C(\N)N[N+](=O)[O-]. The van der Waals surface area contributed by atoms with Gasteiger partial charge in [-0.25, -0.2) is 15.5 Å². The molecule has 0 aromatic carbocycles. The number of hydrazone groups is 1. The van der Waals surface area contributed by atoms with Gasteiger partial charge in [0, 0.05) is 6.42 Å². The molecule has 12 heavy (non-hydrogen) atoms. The molecule has 68 valence electrons.